The topological polar surface area (TPSA) is 45.1 Å². The van der Waals surface area contributed by atoms with E-state index in [9.17, 15) is 0 Å². The smallest absolute Gasteiger partial charge is 0.170 e. The third kappa shape index (κ3) is 4.73. The highest BCUT2D eigenvalue weighted by molar-refractivity contribution is 7.80. The Hall–Kier alpha value is -3.64. The molecule has 2 N–H and O–H groups in total. The van der Waals surface area contributed by atoms with E-state index >= 15 is 0 Å². The van der Waals surface area contributed by atoms with Gasteiger partial charge in [-0.1, -0.05) is 42.5 Å². The van der Waals surface area contributed by atoms with Crippen molar-refractivity contribution in [3.63, 3.8) is 0 Å². The molecule has 0 amide bonds. The zero-order chi connectivity index (χ0) is 25.1. The second kappa shape index (κ2) is 10.5. The van der Waals surface area contributed by atoms with Crippen molar-refractivity contribution in [3.05, 3.63) is 113 Å². The molecule has 3 heterocycles. The number of para-hydroxylation sites is 2. The van der Waals surface area contributed by atoms with Gasteiger partial charge in [-0.2, -0.15) is 0 Å². The molecule has 36 heavy (non-hydrogen) atoms. The molecule has 1 fully saturated rings. The van der Waals surface area contributed by atoms with Gasteiger partial charge in [-0.25, -0.2) is 0 Å². The molecule has 0 bridgehead atoms. The predicted octanol–water partition coefficient (Wildman–Crippen LogP) is 6.27. The van der Waals surface area contributed by atoms with Crippen molar-refractivity contribution < 1.29 is 0 Å². The largest absolute Gasteiger partial charge is 0.385 e. The van der Waals surface area contributed by atoms with E-state index in [-0.39, 0.29) is 12.1 Å². The molecular formula is C30H33N5S. The number of thiocarbonyl (C=S) groups is 1. The highest BCUT2D eigenvalue weighted by Crippen LogP contribution is 2.41. The molecule has 0 unspecified atom stereocenters. The number of aryl methyl sites for hydroxylation is 2. The quantitative estimate of drug-likeness (QED) is 0.223. The highest BCUT2D eigenvalue weighted by atomic mass is 32.1. The number of anilines is 1. The van der Waals surface area contributed by atoms with E-state index in [1.165, 1.54) is 28.2 Å². The molecule has 2 atom stereocenters. The SMILES string of the molecule is Cc1ccccc1-n1c(C)cc([C@@H]2[C@H](c3ccccn3)NC(=S)N2CCCNc2ccccc2)c1C. The van der Waals surface area contributed by atoms with Gasteiger partial charge in [0.05, 0.1) is 17.8 Å². The van der Waals surface area contributed by atoms with Gasteiger partial charge in [0.1, 0.15) is 0 Å². The molecule has 5 nitrogen and oxygen atoms in total. The van der Waals surface area contributed by atoms with Crippen molar-refractivity contribution >= 4 is 23.0 Å². The first-order valence-corrected chi connectivity index (χ1v) is 13.0. The Morgan fingerprint density at radius 1 is 0.944 bits per heavy atom. The van der Waals surface area contributed by atoms with E-state index in [2.05, 4.69) is 102 Å². The third-order valence-corrected chi connectivity index (χ3v) is 7.37. The first-order chi connectivity index (χ1) is 17.5. The molecule has 6 heteroatoms. The fourth-order valence-electron chi connectivity index (χ4n) is 5.30. The van der Waals surface area contributed by atoms with Gasteiger partial charge in [0, 0.05) is 42.0 Å². The Kier molecular flexibility index (Phi) is 7.05. The summed E-state index contributed by atoms with van der Waals surface area (Å²) in [5.41, 5.74) is 8.39. The Bertz CT molecular complexity index is 1330. The van der Waals surface area contributed by atoms with Crippen LogP contribution in [-0.2, 0) is 0 Å². The lowest BCUT2D eigenvalue weighted by molar-refractivity contribution is 0.315. The zero-order valence-electron chi connectivity index (χ0n) is 21.1. The fourth-order valence-corrected chi connectivity index (χ4v) is 5.63. The Morgan fingerprint density at radius 2 is 1.69 bits per heavy atom. The standard InChI is InChI=1S/C30H33N5S/c1-21-12-7-8-16-27(21)35-22(2)20-25(23(35)3)29-28(26-15-9-10-17-32-26)33-30(36)34(29)19-11-18-31-24-13-5-4-6-14-24/h4-10,12-17,20,28-29,31H,11,18-19H2,1-3H3,(H,33,36)/t28-,29+/m0/s1. The van der Waals surface area contributed by atoms with Crippen LogP contribution in [0.2, 0.25) is 0 Å². The lowest BCUT2D eigenvalue weighted by Gasteiger charge is -2.28. The van der Waals surface area contributed by atoms with Crippen LogP contribution in [0.5, 0.6) is 0 Å². The molecule has 1 aliphatic heterocycles. The number of rotatable bonds is 8. The molecule has 5 rings (SSSR count). The maximum absolute atomic E-state index is 5.89. The minimum atomic E-state index is -0.00778. The number of benzene rings is 2. The van der Waals surface area contributed by atoms with Crippen molar-refractivity contribution in [1.82, 2.24) is 19.8 Å². The Morgan fingerprint density at radius 3 is 2.44 bits per heavy atom. The molecule has 184 valence electrons. The summed E-state index contributed by atoms with van der Waals surface area (Å²) in [6.45, 7) is 8.32. The zero-order valence-corrected chi connectivity index (χ0v) is 21.9. The van der Waals surface area contributed by atoms with Gasteiger partial charge >= 0.3 is 0 Å². The Labute approximate surface area is 219 Å². The number of nitrogens with zero attached hydrogens (tertiary/aromatic N) is 3. The van der Waals surface area contributed by atoms with Crippen molar-refractivity contribution in [2.75, 3.05) is 18.4 Å². The predicted molar refractivity (Wildman–Crippen MR) is 152 cm³/mol. The second-order valence-electron chi connectivity index (χ2n) is 9.41. The monoisotopic (exact) mass is 495 g/mol. The van der Waals surface area contributed by atoms with Gasteiger partial charge in [-0.3, -0.25) is 4.98 Å². The molecule has 0 saturated carbocycles. The molecular weight excluding hydrogens is 462 g/mol. The van der Waals surface area contributed by atoms with Crippen LogP contribution in [0.3, 0.4) is 0 Å². The lowest BCUT2D eigenvalue weighted by Crippen LogP contribution is -2.31. The van der Waals surface area contributed by atoms with Gasteiger partial charge in [0.25, 0.3) is 0 Å². The number of hydrogen-bond acceptors (Lipinski definition) is 3. The van der Waals surface area contributed by atoms with Crippen LogP contribution in [0.15, 0.2) is 85.1 Å². The molecule has 4 aromatic rings. The lowest BCUT2D eigenvalue weighted by atomic mass is 9.96. The number of hydrogen-bond donors (Lipinski definition) is 2. The Balaban J connectivity index is 1.46. The minimum absolute atomic E-state index is 0.00778. The van der Waals surface area contributed by atoms with Crippen LogP contribution < -0.4 is 10.6 Å². The second-order valence-corrected chi connectivity index (χ2v) is 9.80. The van der Waals surface area contributed by atoms with Crippen LogP contribution >= 0.6 is 12.2 Å². The maximum atomic E-state index is 5.89. The van der Waals surface area contributed by atoms with Crippen LogP contribution in [0, 0.1) is 20.8 Å². The number of nitrogens with one attached hydrogen (secondary N) is 2. The summed E-state index contributed by atoms with van der Waals surface area (Å²) in [5.74, 6) is 0. The molecule has 0 aliphatic carbocycles. The van der Waals surface area contributed by atoms with E-state index in [0.717, 1.165) is 36.0 Å². The summed E-state index contributed by atoms with van der Waals surface area (Å²) in [5, 5.41) is 7.91. The van der Waals surface area contributed by atoms with Gasteiger partial charge in [0.15, 0.2) is 5.11 Å². The van der Waals surface area contributed by atoms with Crippen LogP contribution in [0.1, 0.15) is 46.7 Å². The molecule has 2 aromatic heterocycles. The van der Waals surface area contributed by atoms with E-state index < -0.39 is 0 Å². The average Bonchev–Trinajstić information content (AvgIpc) is 3.38. The minimum Gasteiger partial charge on any atom is -0.385 e. The first-order valence-electron chi connectivity index (χ1n) is 12.6. The summed E-state index contributed by atoms with van der Waals surface area (Å²) in [6, 6.07) is 27.4. The summed E-state index contributed by atoms with van der Waals surface area (Å²) < 4.78 is 2.37. The molecule has 0 spiro atoms. The highest BCUT2D eigenvalue weighted by Gasteiger charge is 2.41. The van der Waals surface area contributed by atoms with Crippen LogP contribution in [-0.4, -0.2) is 32.7 Å². The van der Waals surface area contributed by atoms with Crippen molar-refractivity contribution in [1.29, 1.82) is 0 Å². The number of aromatic nitrogens is 2. The van der Waals surface area contributed by atoms with E-state index in [1.807, 2.05) is 24.4 Å². The molecule has 2 aromatic carbocycles. The van der Waals surface area contributed by atoms with Crippen LogP contribution in [0.4, 0.5) is 5.69 Å². The van der Waals surface area contributed by atoms with Gasteiger partial charge in [0.2, 0.25) is 0 Å². The van der Waals surface area contributed by atoms with Gasteiger partial charge < -0.3 is 20.1 Å². The summed E-state index contributed by atoms with van der Waals surface area (Å²) in [7, 11) is 0. The van der Waals surface area contributed by atoms with E-state index in [1.54, 1.807) is 0 Å². The normalized spacial score (nSPS) is 17.3. The van der Waals surface area contributed by atoms with Crippen LogP contribution in [0.25, 0.3) is 5.69 Å². The maximum Gasteiger partial charge on any atom is 0.170 e. The van der Waals surface area contributed by atoms with E-state index in [4.69, 9.17) is 17.2 Å². The van der Waals surface area contributed by atoms with Crippen molar-refractivity contribution in [3.8, 4) is 5.69 Å². The van der Waals surface area contributed by atoms with E-state index in [0.29, 0.717) is 0 Å². The van der Waals surface area contributed by atoms with Crippen molar-refractivity contribution in [2.45, 2.75) is 39.3 Å². The summed E-state index contributed by atoms with van der Waals surface area (Å²) >= 11 is 5.89. The van der Waals surface area contributed by atoms with Crippen molar-refractivity contribution in [2.24, 2.45) is 0 Å². The molecule has 1 saturated heterocycles. The third-order valence-electron chi connectivity index (χ3n) is 7.02. The number of pyridine rings is 1. The molecule has 1 aliphatic rings. The average molecular weight is 496 g/mol. The summed E-state index contributed by atoms with van der Waals surface area (Å²) in [4.78, 5) is 7.06. The summed E-state index contributed by atoms with van der Waals surface area (Å²) in [6.07, 6.45) is 2.83. The first kappa shape index (κ1) is 24.1. The fraction of sp³-hybridized carbons (Fsp3) is 0.267. The van der Waals surface area contributed by atoms with Gasteiger partial charge in [-0.15, -0.1) is 0 Å². The molecule has 0 radical (unpaired) electrons. The van der Waals surface area contributed by atoms with Gasteiger partial charge in [-0.05, 0) is 86.9 Å².